The summed E-state index contributed by atoms with van der Waals surface area (Å²) >= 11 is 0. The number of nitrogen functional groups attached to an aromatic ring is 1. The Labute approximate surface area is 117 Å². The van der Waals surface area contributed by atoms with Crippen LogP contribution in [0.1, 0.15) is 13.8 Å². The molecule has 1 heterocycles. The molecule has 0 saturated heterocycles. The van der Waals surface area contributed by atoms with Gasteiger partial charge in [-0.15, -0.1) is 0 Å². The smallest absolute Gasteiger partial charge is 0.167 e. The molecule has 5 nitrogen and oxygen atoms in total. The Morgan fingerprint density at radius 1 is 1.45 bits per heavy atom. The number of ether oxygens (including phenoxy) is 1. The molecule has 0 atom stereocenters. The van der Waals surface area contributed by atoms with Gasteiger partial charge >= 0.3 is 0 Å². The molecule has 108 valence electrons. The number of nitrogens with zero attached hydrogens (tertiary/aromatic N) is 2. The summed E-state index contributed by atoms with van der Waals surface area (Å²) < 4.78 is 20.9. The molecule has 0 amide bonds. The van der Waals surface area contributed by atoms with Crippen LogP contribution >= 0.6 is 0 Å². The average molecular weight is 278 g/mol. The van der Waals surface area contributed by atoms with Crippen LogP contribution in [0.5, 0.6) is 5.75 Å². The first-order valence-electron chi connectivity index (χ1n) is 6.53. The van der Waals surface area contributed by atoms with Gasteiger partial charge in [-0.25, -0.2) is 4.39 Å². The van der Waals surface area contributed by atoms with Crippen molar-refractivity contribution < 1.29 is 9.13 Å². The predicted molar refractivity (Wildman–Crippen MR) is 77.3 cm³/mol. The van der Waals surface area contributed by atoms with E-state index in [9.17, 15) is 4.39 Å². The van der Waals surface area contributed by atoms with Gasteiger partial charge in [0.05, 0.1) is 24.0 Å². The summed E-state index contributed by atoms with van der Waals surface area (Å²) in [5, 5.41) is 7.26. The van der Waals surface area contributed by atoms with Crippen LogP contribution in [0.4, 0.5) is 15.8 Å². The maximum absolute atomic E-state index is 13.7. The molecule has 0 saturated carbocycles. The zero-order valence-corrected chi connectivity index (χ0v) is 11.6. The van der Waals surface area contributed by atoms with Crippen molar-refractivity contribution in [3.8, 4) is 5.75 Å². The van der Waals surface area contributed by atoms with Crippen LogP contribution in [0.2, 0.25) is 0 Å². The minimum atomic E-state index is -0.450. The summed E-state index contributed by atoms with van der Waals surface area (Å²) in [5.41, 5.74) is 6.82. The highest BCUT2D eigenvalue weighted by Gasteiger charge is 2.10. The summed E-state index contributed by atoms with van der Waals surface area (Å²) in [7, 11) is 0. The van der Waals surface area contributed by atoms with Crippen molar-refractivity contribution in [2.75, 3.05) is 17.6 Å². The van der Waals surface area contributed by atoms with Gasteiger partial charge in [-0.05, 0) is 19.9 Å². The van der Waals surface area contributed by atoms with Crippen LogP contribution in [0.25, 0.3) is 0 Å². The highest BCUT2D eigenvalue weighted by molar-refractivity contribution is 5.68. The number of nitrogens with one attached hydrogen (secondary N) is 1. The number of aromatic nitrogens is 2. The van der Waals surface area contributed by atoms with Gasteiger partial charge in [0.1, 0.15) is 0 Å². The highest BCUT2D eigenvalue weighted by atomic mass is 19.1. The normalized spacial score (nSPS) is 10.8. The van der Waals surface area contributed by atoms with Crippen LogP contribution in [0.3, 0.4) is 0 Å². The summed E-state index contributed by atoms with van der Waals surface area (Å²) in [6.45, 7) is 5.03. The van der Waals surface area contributed by atoms with Gasteiger partial charge < -0.3 is 15.8 Å². The van der Waals surface area contributed by atoms with E-state index in [1.807, 2.05) is 26.1 Å². The molecule has 0 fully saturated rings. The molecular formula is C14H19FN4O. The molecule has 0 unspecified atom stereocenters. The second kappa shape index (κ2) is 6.27. The van der Waals surface area contributed by atoms with E-state index in [0.717, 1.165) is 0 Å². The largest absolute Gasteiger partial charge is 0.488 e. The second-order valence-electron chi connectivity index (χ2n) is 4.73. The molecule has 0 spiro atoms. The SMILES string of the molecule is CC(C)Oc1cc(NCCn2cccn2)c(N)cc1F. The topological polar surface area (TPSA) is 65.1 Å². The number of hydrogen-bond donors (Lipinski definition) is 2. The molecular weight excluding hydrogens is 259 g/mol. The first-order chi connectivity index (χ1) is 9.56. The molecule has 0 aliphatic carbocycles. The minimum absolute atomic E-state index is 0.0925. The van der Waals surface area contributed by atoms with E-state index in [1.165, 1.54) is 6.07 Å². The van der Waals surface area contributed by atoms with E-state index in [-0.39, 0.29) is 11.9 Å². The number of nitrogens with two attached hydrogens (primary N) is 1. The Hall–Kier alpha value is -2.24. The molecule has 1 aromatic carbocycles. The third-order valence-electron chi connectivity index (χ3n) is 2.68. The Balaban J connectivity index is 2.02. The maximum Gasteiger partial charge on any atom is 0.167 e. The summed E-state index contributed by atoms with van der Waals surface area (Å²) in [5.74, 6) is -0.246. The van der Waals surface area contributed by atoms with Crippen molar-refractivity contribution in [1.29, 1.82) is 0 Å². The standard InChI is InChI=1S/C14H19FN4O/c1-10(2)20-14-9-13(12(16)8-11(14)15)17-5-7-19-6-3-4-18-19/h3-4,6,8-10,17H,5,7,16H2,1-2H3. The van der Waals surface area contributed by atoms with E-state index in [4.69, 9.17) is 10.5 Å². The van der Waals surface area contributed by atoms with E-state index in [1.54, 1.807) is 16.9 Å². The summed E-state index contributed by atoms with van der Waals surface area (Å²) in [4.78, 5) is 0. The van der Waals surface area contributed by atoms with Gasteiger partial charge in [0, 0.05) is 31.1 Å². The predicted octanol–water partition coefficient (Wildman–Crippen LogP) is 2.50. The van der Waals surface area contributed by atoms with Crippen molar-refractivity contribution in [2.45, 2.75) is 26.5 Å². The zero-order chi connectivity index (χ0) is 14.5. The molecule has 2 aromatic rings. The first-order valence-corrected chi connectivity index (χ1v) is 6.53. The van der Waals surface area contributed by atoms with Crippen molar-refractivity contribution in [1.82, 2.24) is 9.78 Å². The van der Waals surface area contributed by atoms with E-state index < -0.39 is 5.82 Å². The van der Waals surface area contributed by atoms with Crippen LogP contribution in [0.15, 0.2) is 30.6 Å². The van der Waals surface area contributed by atoms with Gasteiger partial charge in [0.25, 0.3) is 0 Å². The lowest BCUT2D eigenvalue weighted by atomic mass is 10.2. The number of benzene rings is 1. The second-order valence-corrected chi connectivity index (χ2v) is 4.73. The molecule has 2 rings (SSSR count). The van der Waals surface area contributed by atoms with E-state index in [2.05, 4.69) is 10.4 Å². The molecule has 0 aliphatic heterocycles. The molecule has 1 aromatic heterocycles. The lowest BCUT2D eigenvalue weighted by molar-refractivity contribution is 0.231. The fourth-order valence-electron chi connectivity index (χ4n) is 1.80. The van der Waals surface area contributed by atoms with Crippen molar-refractivity contribution in [2.24, 2.45) is 0 Å². The van der Waals surface area contributed by atoms with Crippen LogP contribution in [0, 0.1) is 5.82 Å². The number of anilines is 2. The van der Waals surface area contributed by atoms with Gasteiger partial charge in [-0.1, -0.05) is 0 Å². The highest BCUT2D eigenvalue weighted by Crippen LogP contribution is 2.28. The molecule has 0 radical (unpaired) electrons. The van der Waals surface area contributed by atoms with Gasteiger partial charge in [-0.3, -0.25) is 4.68 Å². The molecule has 0 bridgehead atoms. The van der Waals surface area contributed by atoms with Crippen LogP contribution in [-0.4, -0.2) is 22.4 Å². The first kappa shape index (κ1) is 14.2. The summed E-state index contributed by atoms with van der Waals surface area (Å²) in [6, 6.07) is 4.72. The minimum Gasteiger partial charge on any atom is -0.488 e. The van der Waals surface area contributed by atoms with Gasteiger partial charge in [0.15, 0.2) is 11.6 Å². The Bertz CT molecular complexity index is 555. The van der Waals surface area contributed by atoms with Crippen LogP contribution < -0.4 is 15.8 Å². The Morgan fingerprint density at radius 3 is 2.90 bits per heavy atom. The lowest BCUT2D eigenvalue weighted by Crippen LogP contribution is -2.13. The fraction of sp³-hybridized carbons (Fsp3) is 0.357. The van der Waals surface area contributed by atoms with Crippen LogP contribution in [-0.2, 0) is 6.54 Å². The van der Waals surface area contributed by atoms with Gasteiger partial charge in [0.2, 0.25) is 0 Å². The molecule has 6 heteroatoms. The Morgan fingerprint density at radius 2 is 2.25 bits per heavy atom. The third kappa shape index (κ3) is 3.63. The van der Waals surface area contributed by atoms with Gasteiger partial charge in [-0.2, -0.15) is 5.10 Å². The lowest BCUT2D eigenvalue weighted by Gasteiger charge is -2.15. The summed E-state index contributed by atoms with van der Waals surface area (Å²) in [6.07, 6.45) is 3.51. The molecule has 3 N–H and O–H groups in total. The average Bonchev–Trinajstić information content (AvgIpc) is 2.87. The van der Waals surface area contributed by atoms with E-state index >= 15 is 0 Å². The van der Waals surface area contributed by atoms with Crippen molar-refractivity contribution in [3.05, 3.63) is 36.4 Å². The van der Waals surface area contributed by atoms with Crippen molar-refractivity contribution >= 4 is 11.4 Å². The van der Waals surface area contributed by atoms with E-state index in [0.29, 0.717) is 24.5 Å². The molecule has 0 aliphatic rings. The molecule has 20 heavy (non-hydrogen) atoms. The number of rotatable bonds is 6. The number of halogens is 1. The third-order valence-corrected chi connectivity index (χ3v) is 2.68. The quantitative estimate of drug-likeness (QED) is 0.797. The monoisotopic (exact) mass is 278 g/mol. The number of hydrogen-bond acceptors (Lipinski definition) is 4. The maximum atomic E-state index is 13.7. The zero-order valence-electron chi connectivity index (χ0n) is 11.6. The fourth-order valence-corrected chi connectivity index (χ4v) is 1.80. The van der Waals surface area contributed by atoms with Crippen molar-refractivity contribution in [3.63, 3.8) is 0 Å². The Kier molecular flexibility index (Phi) is 4.45.